The molecular formula is C22H19N3O2. The summed E-state index contributed by atoms with van der Waals surface area (Å²) in [6.45, 7) is 4.01. The summed E-state index contributed by atoms with van der Waals surface area (Å²) in [6, 6.07) is 19.5. The molecule has 4 aromatic rings. The van der Waals surface area contributed by atoms with E-state index >= 15 is 0 Å². The van der Waals surface area contributed by atoms with Gasteiger partial charge in [0.2, 0.25) is 0 Å². The number of aromatic nitrogens is 3. The molecule has 5 heteroatoms. The molecule has 0 fully saturated rings. The van der Waals surface area contributed by atoms with Gasteiger partial charge in [-0.2, -0.15) is 5.10 Å². The van der Waals surface area contributed by atoms with Crippen LogP contribution in [-0.2, 0) is 4.74 Å². The number of nitrogens with zero attached hydrogens (tertiary/aromatic N) is 3. The Balaban J connectivity index is 2.05. The first-order valence-electron chi connectivity index (χ1n) is 8.87. The maximum absolute atomic E-state index is 12.9. The van der Waals surface area contributed by atoms with Crippen molar-refractivity contribution in [3.05, 3.63) is 78.1 Å². The molecule has 4 rings (SSSR count). The molecule has 0 bridgehead atoms. The molecule has 0 aliphatic carbocycles. The lowest BCUT2D eigenvalue weighted by Gasteiger charge is -2.07. The number of hydrogen-bond donors (Lipinski definition) is 0. The highest BCUT2D eigenvalue weighted by Gasteiger charge is 2.25. The lowest BCUT2D eigenvalue weighted by atomic mass is 10.0. The summed E-state index contributed by atoms with van der Waals surface area (Å²) >= 11 is 0. The second-order valence-electron chi connectivity index (χ2n) is 6.19. The molecule has 0 saturated carbocycles. The minimum absolute atomic E-state index is 0.296. The van der Waals surface area contributed by atoms with Crippen molar-refractivity contribution in [1.82, 2.24) is 14.6 Å². The predicted molar refractivity (Wildman–Crippen MR) is 105 cm³/mol. The summed E-state index contributed by atoms with van der Waals surface area (Å²) in [6.07, 6.45) is 1.84. The molecule has 3 heterocycles. The molecule has 0 amide bonds. The third-order valence-electron chi connectivity index (χ3n) is 4.35. The van der Waals surface area contributed by atoms with E-state index in [0.29, 0.717) is 23.6 Å². The van der Waals surface area contributed by atoms with E-state index in [2.05, 4.69) is 10.1 Å². The first-order chi connectivity index (χ1) is 13.2. The normalized spacial score (nSPS) is 10.9. The Labute approximate surface area is 157 Å². The smallest absolute Gasteiger partial charge is 0.342 e. The van der Waals surface area contributed by atoms with Crippen LogP contribution < -0.4 is 0 Å². The third-order valence-corrected chi connectivity index (χ3v) is 4.35. The fourth-order valence-corrected chi connectivity index (χ4v) is 3.20. The monoisotopic (exact) mass is 357 g/mol. The van der Waals surface area contributed by atoms with Crippen molar-refractivity contribution in [2.45, 2.75) is 13.8 Å². The van der Waals surface area contributed by atoms with Gasteiger partial charge in [0, 0.05) is 17.5 Å². The number of esters is 1. The molecule has 5 nitrogen and oxygen atoms in total. The molecule has 134 valence electrons. The Morgan fingerprint density at radius 1 is 1.04 bits per heavy atom. The number of benzene rings is 1. The Hall–Kier alpha value is -3.47. The zero-order chi connectivity index (χ0) is 18.8. The van der Waals surface area contributed by atoms with Crippen LogP contribution in [0.2, 0.25) is 0 Å². The van der Waals surface area contributed by atoms with Gasteiger partial charge in [-0.25, -0.2) is 9.31 Å². The van der Waals surface area contributed by atoms with E-state index in [1.165, 1.54) is 0 Å². The van der Waals surface area contributed by atoms with Crippen LogP contribution in [-0.4, -0.2) is 27.2 Å². The van der Waals surface area contributed by atoms with Gasteiger partial charge in [0.1, 0.15) is 11.3 Å². The Morgan fingerprint density at radius 3 is 2.59 bits per heavy atom. The summed E-state index contributed by atoms with van der Waals surface area (Å²) in [4.78, 5) is 17.4. The number of carbonyl (C=O) groups excluding carboxylic acids is 1. The Bertz CT molecular complexity index is 1120. The maximum atomic E-state index is 12.9. The van der Waals surface area contributed by atoms with Gasteiger partial charge in [0.25, 0.3) is 0 Å². The SMILES string of the molecule is CCOC(=O)c1c(-c2cccc(C)n2)nn2cccc(-c3ccccc3)c12. The summed E-state index contributed by atoms with van der Waals surface area (Å²) in [5, 5.41) is 4.67. The molecule has 0 N–H and O–H groups in total. The molecule has 3 aromatic heterocycles. The average molecular weight is 357 g/mol. The van der Waals surface area contributed by atoms with Crippen molar-refractivity contribution in [3.63, 3.8) is 0 Å². The molecule has 0 saturated heterocycles. The highest BCUT2D eigenvalue weighted by atomic mass is 16.5. The average Bonchev–Trinajstić information content (AvgIpc) is 3.09. The van der Waals surface area contributed by atoms with Crippen molar-refractivity contribution in [2.24, 2.45) is 0 Å². The van der Waals surface area contributed by atoms with Gasteiger partial charge in [0.05, 0.1) is 17.8 Å². The van der Waals surface area contributed by atoms with Crippen molar-refractivity contribution >= 4 is 11.5 Å². The third kappa shape index (κ3) is 3.08. The molecular weight excluding hydrogens is 338 g/mol. The topological polar surface area (TPSA) is 56.5 Å². The van der Waals surface area contributed by atoms with Crippen molar-refractivity contribution in [2.75, 3.05) is 6.61 Å². The van der Waals surface area contributed by atoms with E-state index in [1.54, 1.807) is 11.4 Å². The van der Waals surface area contributed by atoms with Crippen LogP contribution in [0.25, 0.3) is 28.0 Å². The number of aryl methyl sites for hydroxylation is 1. The standard InChI is InChI=1S/C22H19N3O2/c1-3-27-22(26)19-20(18-13-7-9-15(2)23-18)24-25-14-8-12-17(21(19)25)16-10-5-4-6-11-16/h4-14H,3H2,1-2H3. The van der Waals surface area contributed by atoms with Gasteiger partial charge in [-0.05, 0) is 37.6 Å². The van der Waals surface area contributed by atoms with Gasteiger partial charge < -0.3 is 4.74 Å². The summed E-state index contributed by atoms with van der Waals surface area (Å²) in [5.74, 6) is -0.394. The number of fused-ring (bicyclic) bond motifs is 1. The van der Waals surface area contributed by atoms with Gasteiger partial charge in [0.15, 0.2) is 0 Å². The molecule has 1 aromatic carbocycles. The Morgan fingerprint density at radius 2 is 1.85 bits per heavy atom. The van der Waals surface area contributed by atoms with Crippen LogP contribution in [0, 0.1) is 6.92 Å². The van der Waals surface area contributed by atoms with Gasteiger partial charge in [-0.1, -0.05) is 42.5 Å². The zero-order valence-corrected chi connectivity index (χ0v) is 15.2. The minimum atomic E-state index is -0.394. The van der Waals surface area contributed by atoms with E-state index in [1.807, 2.05) is 73.8 Å². The van der Waals surface area contributed by atoms with Crippen LogP contribution in [0.3, 0.4) is 0 Å². The number of rotatable bonds is 4. The van der Waals surface area contributed by atoms with Crippen molar-refractivity contribution in [1.29, 1.82) is 0 Å². The first kappa shape index (κ1) is 17.0. The zero-order valence-electron chi connectivity index (χ0n) is 15.2. The molecule has 0 atom stereocenters. The van der Waals surface area contributed by atoms with Crippen molar-refractivity contribution in [3.8, 4) is 22.5 Å². The molecule has 0 unspecified atom stereocenters. The van der Waals surface area contributed by atoms with E-state index in [4.69, 9.17) is 4.74 Å². The van der Waals surface area contributed by atoms with Crippen molar-refractivity contribution < 1.29 is 9.53 Å². The van der Waals surface area contributed by atoms with Crippen LogP contribution in [0.15, 0.2) is 66.9 Å². The van der Waals surface area contributed by atoms with Crippen LogP contribution >= 0.6 is 0 Å². The molecule has 0 aliphatic heterocycles. The quantitative estimate of drug-likeness (QED) is 0.503. The highest BCUT2D eigenvalue weighted by molar-refractivity contribution is 6.06. The van der Waals surface area contributed by atoms with Gasteiger partial charge in [-0.3, -0.25) is 4.98 Å². The van der Waals surface area contributed by atoms with E-state index in [0.717, 1.165) is 22.3 Å². The number of carbonyl (C=O) groups is 1. The van der Waals surface area contributed by atoms with Gasteiger partial charge >= 0.3 is 5.97 Å². The van der Waals surface area contributed by atoms with Crippen LogP contribution in [0.5, 0.6) is 0 Å². The fraction of sp³-hybridized carbons (Fsp3) is 0.136. The fourth-order valence-electron chi connectivity index (χ4n) is 3.20. The predicted octanol–water partition coefficient (Wildman–Crippen LogP) is 4.55. The van der Waals surface area contributed by atoms with Crippen LogP contribution in [0.4, 0.5) is 0 Å². The highest BCUT2D eigenvalue weighted by Crippen LogP contribution is 2.32. The summed E-state index contributed by atoms with van der Waals surface area (Å²) in [5.41, 5.74) is 5.14. The second-order valence-corrected chi connectivity index (χ2v) is 6.19. The van der Waals surface area contributed by atoms with Gasteiger partial charge in [-0.15, -0.1) is 0 Å². The minimum Gasteiger partial charge on any atom is -0.462 e. The summed E-state index contributed by atoms with van der Waals surface area (Å²) < 4.78 is 7.09. The maximum Gasteiger partial charge on any atom is 0.342 e. The van der Waals surface area contributed by atoms with E-state index < -0.39 is 5.97 Å². The lowest BCUT2D eigenvalue weighted by Crippen LogP contribution is -2.06. The molecule has 0 aliphatic rings. The first-order valence-corrected chi connectivity index (χ1v) is 8.87. The van der Waals surface area contributed by atoms with E-state index in [-0.39, 0.29) is 0 Å². The van der Waals surface area contributed by atoms with E-state index in [9.17, 15) is 4.79 Å². The van der Waals surface area contributed by atoms with Crippen LogP contribution in [0.1, 0.15) is 23.0 Å². The second kappa shape index (κ2) is 7.03. The molecule has 0 radical (unpaired) electrons. The number of pyridine rings is 2. The molecule has 0 spiro atoms. The Kier molecular flexibility index (Phi) is 4.42. The largest absolute Gasteiger partial charge is 0.462 e. The molecule has 27 heavy (non-hydrogen) atoms. The number of hydrogen-bond acceptors (Lipinski definition) is 4. The number of ether oxygens (including phenoxy) is 1. The summed E-state index contributed by atoms with van der Waals surface area (Å²) in [7, 11) is 0. The lowest BCUT2D eigenvalue weighted by molar-refractivity contribution is 0.0529.